The van der Waals surface area contributed by atoms with Crippen LogP contribution in [0.3, 0.4) is 0 Å². The van der Waals surface area contributed by atoms with Gasteiger partial charge < -0.3 is 20.5 Å². The fourth-order valence-electron chi connectivity index (χ4n) is 2.71. The molecule has 6 heteroatoms. The molecule has 130 valence electrons. The van der Waals surface area contributed by atoms with Crippen molar-refractivity contribution in [3.05, 3.63) is 48.8 Å². The number of hydrogen-bond acceptors (Lipinski definition) is 5. The summed E-state index contributed by atoms with van der Waals surface area (Å²) < 4.78 is 11.2. The van der Waals surface area contributed by atoms with Crippen molar-refractivity contribution in [1.29, 1.82) is 0 Å². The van der Waals surface area contributed by atoms with Gasteiger partial charge in [0.05, 0.1) is 13.7 Å². The molecule has 1 aromatic carbocycles. The van der Waals surface area contributed by atoms with E-state index in [2.05, 4.69) is 16.8 Å². The van der Waals surface area contributed by atoms with E-state index in [0.29, 0.717) is 24.6 Å². The van der Waals surface area contributed by atoms with Gasteiger partial charge >= 0.3 is 0 Å². The van der Waals surface area contributed by atoms with E-state index in [1.54, 1.807) is 7.11 Å². The van der Waals surface area contributed by atoms with Gasteiger partial charge in [-0.15, -0.1) is 0 Å². The Bertz CT molecular complexity index is 601. The molecule has 0 bridgehead atoms. The largest absolute Gasteiger partial charge is 0.493 e. The molecule has 1 fully saturated rings. The van der Waals surface area contributed by atoms with Crippen LogP contribution in [-0.4, -0.2) is 44.2 Å². The maximum absolute atomic E-state index is 11.8. The Morgan fingerprint density at radius 3 is 2.92 bits per heavy atom. The molecule has 6 nitrogen and oxygen atoms in total. The summed E-state index contributed by atoms with van der Waals surface area (Å²) in [5.74, 6) is 1.72. The van der Waals surface area contributed by atoms with Gasteiger partial charge in [0, 0.05) is 37.0 Å². The Hall–Kier alpha value is -2.47. The summed E-state index contributed by atoms with van der Waals surface area (Å²) in [4.78, 5) is 14.0. The molecule has 1 atom stereocenters. The van der Waals surface area contributed by atoms with Crippen molar-refractivity contribution in [2.75, 3.05) is 33.4 Å². The van der Waals surface area contributed by atoms with Crippen LogP contribution in [0.4, 0.5) is 0 Å². The standard InChI is InChI=1S/C18H25N3O3/c1-14(18(22)20-9-8-19)11-21-10-7-15(12-21)13-24-17-6-4-3-5-16(17)23-2/h3-6,8-9,15H,1,7,10-13,19H2,2H3,(H,20,22)/b9-8-. The normalized spacial score (nSPS) is 17.8. The van der Waals surface area contributed by atoms with Crippen molar-refractivity contribution in [1.82, 2.24) is 10.2 Å². The van der Waals surface area contributed by atoms with E-state index in [4.69, 9.17) is 15.2 Å². The number of ether oxygens (including phenoxy) is 2. The zero-order chi connectivity index (χ0) is 17.4. The number of carbonyl (C=O) groups is 1. The smallest absolute Gasteiger partial charge is 0.251 e. The number of nitrogens with zero attached hydrogens (tertiary/aromatic N) is 1. The van der Waals surface area contributed by atoms with E-state index in [-0.39, 0.29) is 5.91 Å². The third-order valence-electron chi connectivity index (χ3n) is 3.96. The van der Waals surface area contributed by atoms with Crippen LogP contribution < -0.4 is 20.5 Å². The van der Waals surface area contributed by atoms with Gasteiger partial charge in [0.1, 0.15) is 0 Å². The highest BCUT2D eigenvalue weighted by Gasteiger charge is 2.24. The number of likely N-dealkylation sites (tertiary alicyclic amines) is 1. The van der Waals surface area contributed by atoms with Crippen molar-refractivity contribution in [3.63, 3.8) is 0 Å². The van der Waals surface area contributed by atoms with Crippen LogP contribution in [0.5, 0.6) is 11.5 Å². The second-order valence-corrected chi connectivity index (χ2v) is 5.79. The Kier molecular flexibility index (Phi) is 6.69. The van der Waals surface area contributed by atoms with Crippen molar-refractivity contribution in [3.8, 4) is 11.5 Å². The van der Waals surface area contributed by atoms with E-state index < -0.39 is 0 Å². The molecule has 0 aromatic heterocycles. The molecule has 1 aromatic rings. The minimum absolute atomic E-state index is 0.203. The first-order valence-corrected chi connectivity index (χ1v) is 7.97. The quantitative estimate of drug-likeness (QED) is 0.706. The molecule has 0 saturated carbocycles. The molecule has 2 rings (SSSR count). The van der Waals surface area contributed by atoms with Crippen molar-refractivity contribution < 1.29 is 14.3 Å². The van der Waals surface area contributed by atoms with Gasteiger partial charge in [0.15, 0.2) is 11.5 Å². The minimum Gasteiger partial charge on any atom is -0.493 e. The fourth-order valence-corrected chi connectivity index (χ4v) is 2.71. The summed E-state index contributed by atoms with van der Waals surface area (Å²) in [6.45, 7) is 6.83. The SMILES string of the molecule is C=C(CN1CCC(COc2ccccc2OC)C1)C(=O)N/C=C\N. The van der Waals surface area contributed by atoms with Crippen LogP contribution in [0.1, 0.15) is 6.42 Å². The van der Waals surface area contributed by atoms with E-state index >= 15 is 0 Å². The molecule has 3 N–H and O–H groups in total. The summed E-state index contributed by atoms with van der Waals surface area (Å²) in [5.41, 5.74) is 5.73. The van der Waals surface area contributed by atoms with Gasteiger partial charge in [0.25, 0.3) is 5.91 Å². The van der Waals surface area contributed by atoms with Crippen LogP contribution in [0.2, 0.25) is 0 Å². The molecule has 1 amide bonds. The summed E-state index contributed by atoms with van der Waals surface area (Å²) in [7, 11) is 1.63. The van der Waals surface area contributed by atoms with Crippen molar-refractivity contribution >= 4 is 5.91 Å². The number of benzene rings is 1. The molecule has 0 aliphatic carbocycles. The van der Waals surface area contributed by atoms with E-state index in [1.165, 1.54) is 12.4 Å². The number of carbonyl (C=O) groups excluding carboxylic acids is 1. The predicted molar refractivity (Wildman–Crippen MR) is 93.6 cm³/mol. The van der Waals surface area contributed by atoms with Gasteiger partial charge in [0.2, 0.25) is 0 Å². The van der Waals surface area contributed by atoms with Gasteiger partial charge in [-0.25, -0.2) is 0 Å². The predicted octanol–water partition coefficient (Wildman–Crippen LogP) is 1.50. The number of methoxy groups -OCH3 is 1. The Morgan fingerprint density at radius 1 is 1.46 bits per heavy atom. The minimum atomic E-state index is -0.203. The van der Waals surface area contributed by atoms with Crippen LogP contribution >= 0.6 is 0 Å². The number of hydrogen-bond donors (Lipinski definition) is 2. The van der Waals surface area contributed by atoms with E-state index in [9.17, 15) is 4.79 Å². The lowest BCUT2D eigenvalue weighted by Crippen LogP contribution is -2.30. The van der Waals surface area contributed by atoms with Gasteiger partial charge in [-0.05, 0) is 25.1 Å². The second kappa shape index (κ2) is 8.98. The number of rotatable bonds is 8. The number of amides is 1. The molecular weight excluding hydrogens is 306 g/mol. The van der Waals surface area contributed by atoms with Gasteiger partial charge in [-0.3, -0.25) is 9.69 Å². The molecule has 1 unspecified atom stereocenters. The Labute approximate surface area is 142 Å². The first kappa shape index (κ1) is 17.9. The molecule has 24 heavy (non-hydrogen) atoms. The highest BCUT2D eigenvalue weighted by Crippen LogP contribution is 2.27. The van der Waals surface area contributed by atoms with E-state index in [0.717, 1.165) is 31.0 Å². The molecular formula is C18H25N3O3. The average Bonchev–Trinajstić information content (AvgIpc) is 3.05. The lowest BCUT2D eigenvalue weighted by molar-refractivity contribution is -0.116. The van der Waals surface area contributed by atoms with Crippen LogP contribution in [-0.2, 0) is 4.79 Å². The van der Waals surface area contributed by atoms with Crippen molar-refractivity contribution in [2.24, 2.45) is 11.7 Å². The second-order valence-electron chi connectivity index (χ2n) is 5.79. The zero-order valence-corrected chi connectivity index (χ0v) is 14.0. The monoisotopic (exact) mass is 331 g/mol. The summed E-state index contributed by atoms with van der Waals surface area (Å²) in [6.07, 6.45) is 3.72. The highest BCUT2D eigenvalue weighted by molar-refractivity contribution is 5.93. The van der Waals surface area contributed by atoms with Crippen molar-refractivity contribution in [2.45, 2.75) is 6.42 Å². The molecule has 1 aliphatic rings. The average molecular weight is 331 g/mol. The van der Waals surface area contributed by atoms with Crippen LogP contribution in [0.15, 0.2) is 48.8 Å². The third-order valence-corrected chi connectivity index (χ3v) is 3.96. The number of para-hydroxylation sites is 2. The molecule has 1 heterocycles. The molecule has 1 aliphatic heterocycles. The fraction of sp³-hybridized carbons (Fsp3) is 0.389. The van der Waals surface area contributed by atoms with Gasteiger partial charge in [-0.1, -0.05) is 18.7 Å². The summed E-state index contributed by atoms with van der Waals surface area (Å²) in [6, 6.07) is 7.63. The molecule has 0 radical (unpaired) electrons. The number of nitrogens with two attached hydrogens (primary N) is 1. The number of nitrogens with one attached hydrogen (secondary N) is 1. The molecule has 0 spiro atoms. The zero-order valence-electron chi connectivity index (χ0n) is 14.0. The summed E-state index contributed by atoms with van der Waals surface area (Å²) >= 11 is 0. The Balaban J connectivity index is 1.77. The maximum Gasteiger partial charge on any atom is 0.251 e. The van der Waals surface area contributed by atoms with Crippen LogP contribution in [0, 0.1) is 5.92 Å². The first-order valence-electron chi connectivity index (χ1n) is 7.97. The lowest BCUT2D eigenvalue weighted by Gasteiger charge is -2.17. The third kappa shape index (κ3) is 5.03. The van der Waals surface area contributed by atoms with Crippen LogP contribution in [0.25, 0.3) is 0 Å². The lowest BCUT2D eigenvalue weighted by atomic mass is 10.1. The summed E-state index contributed by atoms with van der Waals surface area (Å²) in [5, 5.41) is 2.57. The topological polar surface area (TPSA) is 76.8 Å². The maximum atomic E-state index is 11.8. The highest BCUT2D eigenvalue weighted by atomic mass is 16.5. The van der Waals surface area contributed by atoms with E-state index in [1.807, 2.05) is 24.3 Å². The molecule has 1 saturated heterocycles. The Morgan fingerprint density at radius 2 is 2.21 bits per heavy atom. The van der Waals surface area contributed by atoms with Gasteiger partial charge in [-0.2, -0.15) is 0 Å². The first-order chi connectivity index (χ1) is 11.6.